The van der Waals surface area contributed by atoms with Crippen LogP contribution >= 0.6 is 7.82 Å². The second-order valence-electron chi connectivity index (χ2n) is 19.3. The van der Waals surface area contributed by atoms with Gasteiger partial charge in [0.25, 0.3) is 0 Å². The number of rotatable bonds is 45. The highest BCUT2D eigenvalue weighted by Gasteiger charge is 2.51. The molecule has 0 bridgehead atoms. The molecule has 13 nitrogen and oxygen atoms in total. The summed E-state index contributed by atoms with van der Waals surface area (Å²) < 4.78 is 22.9. The minimum atomic E-state index is -5.16. The van der Waals surface area contributed by atoms with Crippen molar-refractivity contribution in [3.63, 3.8) is 0 Å². The molecule has 1 amide bonds. The molecule has 67 heavy (non-hydrogen) atoms. The molecule has 0 aromatic heterocycles. The van der Waals surface area contributed by atoms with Crippen LogP contribution in [0.3, 0.4) is 0 Å². The van der Waals surface area contributed by atoms with Crippen LogP contribution in [0.1, 0.15) is 232 Å². The summed E-state index contributed by atoms with van der Waals surface area (Å²) in [6.45, 7) is 3.76. The highest BCUT2D eigenvalue weighted by Crippen LogP contribution is 2.47. The molecule has 1 aliphatic rings. The van der Waals surface area contributed by atoms with Crippen LogP contribution in [0.4, 0.5) is 0 Å². The third-order valence-electron chi connectivity index (χ3n) is 12.9. The SMILES string of the molecule is CCCCCCCCCC/C=C\CCCCCCCC(O)CC(=O)NC(COP(=O)(O)OC1C(O)C(O)C(O)C(O)C1O)C(O)/C=C/CC/C=C/CCCCCCCCCCCCCCCC. The van der Waals surface area contributed by atoms with Gasteiger partial charge in [0, 0.05) is 0 Å². The molecule has 0 saturated heterocycles. The van der Waals surface area contributed by atoms with E-state index >= 15 is 0 Å². The van der Waals surface area contributed by atoms with Crippen LogP contribution in [-0.2, 0) is 18.4 Å². The zero-order valence-corrected chi connectivity index (χ0v) is 43.0. The third kappa shape index (κ3) is 33.7. The highest BCUT2D eigenvalue weighted by molar-refractivity contribution is 7.47. The van der Waals surface area contributed by atoms with Gasteiger partial charge < -0.3 is 46.0 Å². The van der Waals surface area contributed by atoms with Crippen molar-refractivity contribution in [1.29, 1.82) is 0 Å². The molecule has 0 aromatic carbocycles. The summed E-state index contributed by atoms with van der Waals surface area (Å²) in [4.78, 5) is 23.5. The van der Waals surface area contributed by atoms with Gasteiger partial charge in [-0.25, -0.2) is 4.57 Å². The Hall–Kier alpha value is -1.48. The van der Waals surface area contributed by atoms with E-state index in [2.05, 4.69) is 43.5 Å². The molecule has 1 fully saturated rings. The molecule has 8 unspecified atom stereocenters. The van der Waals surface area contributed by atoms with E-state index in [9.17, 15) is 50.0 Å². The Bertz CT molecular complexity index is 1290. The van der Waals surface area contributed by atoms with Crippen LogP contribution < -0.4 is 5.32 Å². The van der Waals surface area contributed by atoms with E-state index in [1.807, 2.05) is 0 Å². The van der Waals surface area contributed by atoms with Gasteiger partial charge in [0.05, 0.1) is 31.3 Å². The smallest absolute Gasteiger partial charge is 0.393 e. The lowest BCUT2D eigenvalue weighted by atomic mass is 9.85. The average Bonchev–Trinajstić information content (AvgIpc) is 3.30. The average molecular weight is 974 g/mol. The minimum absolute atomic E-state index is 0.257. The van der Waals surface area contributed by atoms with Gasteiger partial charge in [0.15, 0.2) is 0 Å². The molecule has 0 aliphatic heterocycles. The topological polar surface area (TPSA) is 226 Å². The standard InChI is InChI=1S/C53H100NO12P/c1-3-5-7-9-11-13-15-17-19-21-22-23-25-27-29-31-33-35-37-39-41-46(56)45(43-65-67(63,64)66-53-51(61)49(59)48(58)50(60)52(53)62)54-47(57)42-44(55)40-38-36-34-32-30-28-26-24-20-18-16-14-12-10-8-6-4-2/h24,26,31,33,39,41,44-46,48-53,55-56,58-62H,3-23,25,27-30,32,34-38,40,42-43H2,1-2H3,(H,54,57)(H,63,64)/b26-24-,33-31+,41-39+. The first-order chi connectivity index (χ1) is 32.3. The van der Waals surface area contributed by atoms with Crippen LogP contribution in [0.5, 0.6) is 0 Å². The van der Waals surface area contributed by atoms with Crippen molar-refractivity contribution in [3.05, 3.63) is 36.5 Å². The van der Waals surface area contributed by atoms with Gasteiger partial charge >= 0.3 is 7.82 Å². The molecular formula is C53H100NO12P. The van der Waals surface area contributed by atoms with E-state index in [0.29, 0.717) is 12.8 Å². The normalized spacial score (nSPS) is 22.5. The van der Waals surface area contributed by atoms with Crippen molar-refractivity contribution >= 4 is 13.7 Å². The maximum atomic E-state index is 13.1. The first-order valence-corrected chi connectivity index (χ1v) is 28.5. The summed E-state index contributed by atoms with van der Waals surface area (Å²) in [5, 5.41) is 74.7. The summed E-state index contributed by atoms with van der Waals surface area (Å²) in [6, 6.07) is -1.26. The Morgan fingerprint density at radius 3 is 1.31 bits per heavy atom. The predicted octanol–water partition coefficient (Wildman–Crippen LogP) is 10.5. The molecular weight excluding hydrogens is 874 g/mol. The number of carbonyl (C=O) groups is 1. The molecule has 1 aliphatic carbocycles. The lowest BCUT2D eigenvalue weighted by Crippen LogP contribution is -2.64. The van der Waals surface area contributed by atoms with E-state index < -0.39 is 75.2 Å². The van der Waals surface area contributed by atoms with Gasteiger partial charge in [-0.15, -0.1) is 0 Å². The van der Waals surface area contributed by atoms with Crippen LogP contribution in [0, 0.1) is 0 Å². The second kappa shape index (κ2) is 42.2. The summed E-state index contributed by atoms with van der Waals surface area (Å²) in [5.74, 6) is -0.606. The number of phosphoric ester groups is 1. The fourth-order valence-electron chi connectivity index (χ4n) is 8.55. The van der Waals surface area contributed by atoms with Crippen molar-refractivity contribution < 1.29 is 59.0 Å². The molecule has 1 saturated carbocycles. The Morgan fingerprint density at radius 2 is 0.881 bits per heavy atom. The summed E-state index contributed by atoms with van der Waals surface area (Å²) in [6.07, 6.45) is 36.6. The van der Waals surface area contributed by atoms with Crippen molar-refractivity contribution in [1.82, 2.24) is 5.32 Å². The van der Waals surface area contributed by atoms with E-state index in [-0.39, 0.29) is 6.42 Å². The number of allylic oxidation sites excluding steroid dienone is 5. The molecule has 394 valence electrons. The quantitative estimate of drug-likeness (QED) is 0.0158. The zero-order valence-electron chi connectivity index (χ0n) is 42.1. The zero-order chi connectivity index (χ0) is 49.4. The molecule has 0 heterocycles. The molecule has 0 radical (unpaired) electrons. The molecule has 8 atom stereocenters. The van der Waals surface area contributed by atoms with Gasteiger partial charge in [-0.3, -0.25) is 13.8 Å². The molecule has 1 rings (SSSR count). The van der Waals surface area contributed by atoms with E-state index in [4.69, 9.17) is 9.05 Å². The third-order valence-corrected chi connectivity index (χ3v) is 13.9. The van der Waals surface area contributed by atoms with Gasteiger partial charge in [-0.1, -0.05) is 204 Å². The van der Waals surface area contributed by atoms with Gasteiger partial charge in [-0.2, -0.15) is 0 Å². The lowest BCUT2D eigenvalue weighted by Gasteiger charge is -2.41. The number of phosphoric acid groups is 1. The van der Waals surface area contributed by atoms with Gasteiger partial charge in [0.1, 0.15) is 36.6 Å². The summed E-state index contributed by atoms with van der Waals surface area (Å²) >= 11 is 0. The number of hydrogen-bond donors (Lipinski definition) is 9. The number of unbranched alkanes of at least 4 members (excludes halogenated alkanes) is 28. The summed E-state index contributed by atoms with van der Waals surface area (Å²) in [5.41, 5.74) is 0. The number of nitrogens with one attached hydrogen (secondary N) is 1. The first-order valence-electron chi connectivity index (χ1n) is 27.0. The molecule has 14 heteroatoms. The van der Waals surface area contributed by atoms with E-state index in [0.717, 1.165) is 64.2 Å². The molecule has 0 spiro atoms. The maximum absolute atomic E-state index is 13.1. The number of amides is 1. The van der Waals surface area contributed by atoms with E-state index in [1.54, 1.807) is 6.08 Å². The molecule has 9 N–H and O–H groups in total. The van der Waals surface area contributed by atoms with Crippen LogP contribution in [0.2, 0.25) is 0 Å². The number of hydrogen-bond acceptors (Lipinski definition) is 11. The highest BCUT2D eigenvalue weighted by atomic mass is 31.2. The largest absolute Gasteiger partial charge is 0.472 e. The Kier molecular flexibility index (Phi) is 40.0. The Labute approximate surface area is 406 Å². The maximum Gasteiger partial charge on any atom is 0.472 e. The second-order valence-corrected chi connectivity index (χ2v) is 20.7. The first kappa shape index (κ1) is 63.5. The monoisotopic (exact) mass is 974 g/mol. The molecule has 0 aromatic rings. The fraction of sp³-hybridized carbons (Fsp3) is 0.868. The fourth-order valence-corrected chi connectivity index (χ4v) is 9.51. The minimum Gasteiger partial charge on any atom is -0.393 e. The van der Waals surface area contributed by atoms with Gasteiger partial charge in [-0.05, 0) is 57.8 Å². The van der Waals surface area contributed by atoms with E-state index in [1.165, 1.54) is 141 Å². The van der Waals surface area contributed by atoms with Crippen LogP contribution in [0.15, 0.2) is 36.5 Å². The van der Waals surface area contributed by atoms with Gasteiger partial charge in [0.2, 0.25) is 5.91 Å². The predicted molar refractivity (Wildman–Crippen MR) is 270 cm³/mol. The number of aliphatic hydroxyl groups is 7. The number of carbonyl (C=O) groups excluding carboxylic acids is 1. The van der Waals surface area contributed by atoms with Crippen molar-refractivity contribution in [2.45, 2.75) is 287 Å². The van der Waals surface area contributed by atoms with Crippen molar-refractivity contribution in [2.75, 3.05) is 6.61 Å². The van der Waals surface area contributed by atoms with Crippen LogP contribution in [0.25, 0.3) is 0 Å². The summed E-state index contributed by atoms with van der Waals surface area (Å²) in [7, 11) is -5.16. The lowest BCUT2D eigenvalue weighted by molar-refractivity contribution is -0.220. The Morgan fingerprint density at radius 1 is 0.522 bits per heavy atom. The number of aliphatic hydroxyl groups excluding tert-OH is 7. The van der Waals surface area contributed by atoms with Crippen LogP contribution in [-0.4, -0.2) is 108 Å². The van der Waals surface area contributed by atoms with Crippen molar-refractivity contribution in [2.24, 2.45) is 0 Å². The Balaban J connectivity index is 2.50. The van der Waals surface area contributed by atoms with Crippen molar-refractivity contribution in [3.8, 4) is 0 Å².